The van der Waals surface area contributed by atoms with Crippen molar-refractivity contribution in [2.75, 3.05) is 36.3 Å². The molecule has 162 valence electrons. The van der Waals surface area contributed by atoms with Crippen LogP contribution in [-0.4, -0.2) is 52.4 Å². The molecule has 0 radical (unpaired) electrons. The summed E-state index contributed by atoms with van der Waals surface area (Å²) < 4.78 is 7.20. The fourth-order valence-electron chi connectivity index (χ4n) is 3.59. The Bertz CT molecular complexity index is 1200. The number of carbonyl (C=O) groups is 1. The number of benzene rings is 2. The molecule has 3 aromatic rings. The zero-order chi connectivity index (χ0) is 22.7. The van der Waals surface area contributed by atoms with Gasteiger partial charge in [-0.05, 0) is 41.6 Å². The van der Waals surface area contributed by atoms with Crippen molar-refractivity contribution in [2.45, 2.75) is 12.1 Å². The number of allylic oxidation sites excluding steroid dienone is 1. The second-order valence-corrected chi connectivity index (χ2v) is 7.85. The SMILES string of the molecule is CCOc1ccccc1-n1nnnc1SCC(=O)C(C#N)=C1N(C)c2ccccc2N1C. The van der Waals surface area contributed by atoms with Gasteiger partial charge in [0.1, 0.15) is 28.9 Å². The number of carbonyl (C=O) groups excluding carboxylic acids is 1. The summed E-state index contributed by atoms with van der Waals surface area (Å²) in [6.07, 6.45) is 0. The fraction of sp³-hybridized carbons (Fsp3) is 0.227. The lowest BCUT2D eigenvalue weighted by molar-refractivity contribution is -0.112. The minimum absolute atomic E-state index is 0.0155. The Hall–Kier alpha value is -3.84. The van der Waals surface area contributed by atoms with E-state index in [1.807, 2.05) is 79.3 Å². The average molecular weight is 448 g/mol. The van der Waals surface area contributed by atoms with Gasteiger partial charge in [0.15, 0.2) is 5.78 Å². The lowest BCUT2D eigenvalue weighted by atomic mass is 10.2. The first-order valence-electron chi connectivity index (χ1n) is 9.94. The summed E-state index contributed by atoms with van der Waals surface area (Å²) in [5.41, 5.74) is 2.65. The molecule has 0 unspecified atom stereocenters. The number of nitriles is 1. The van der Waals surface area contributed by atoms with E-state index in [0.717, 1.165) is 11.4 Å². The Kier molecular flexibility index (Phi) is 6.09. The summed E-state index contributed by atoms with van der Waals surface area (Å²) >= 11 is 1.17. The van der Waals surface area contributed by atoms with Crippen LogP contribution < -0.4 is 14.5 Å². The molecule has 0 saturated heterocycles. The zero-order valence-corrected chi connectivity index (χ0v) is 18.7. The summed E-state index contributed by atoms with van der Waals surface area (Å²) in [4.78, 5) is 16.8. The molecule has 0 saturated carbocycles. The van der Waals surface area contributed by atoms with Crippen LogP contribution in [0, 0.1) is 11.3 Å². The number of para-hydroxylation sites is 4. The summed E-state index contributed by atoms with van der Waals surface area (Å²) in [5, 5.41) is 22.1. The number of thioether (sulfide) groups is 1. The summed E-state index contributed by atoms with van der Waals surface area (Å²) in [6, 6.07) is 17.3. The van der Waals surface area contributed by atoms with Crippen LogP contribution in [0.25, 0.3) is 5.69 Å². The minimum atomic E-state index is -0.299. The Morgan fingerprint density at radius 3 is 2.31 bits per heavy atom. The van der Waals surface area contributed by atoms with Crippen molar-refractivity contribution in [1.82, 2.24) is 20.2 Å². The first-order valence-corrected chi connectivity index (χ1v) is 10.9. The number of tetrazole rings is 1. The number of hydrogen-bond donors (Lipinski definition) is 0. The quantitative estimate of drug-likeness (QED) is 0.307. The highest BCUT2D eigenvalue weighted by atomic mass is 32.2. The molecule has 1 aliphatic rings. The number of fused-ring (bicyclic) bond motifs is 1. The Labute approximate surface area is 189 Å². The lowest BCUT2D eigenvalue weighted by Crippen LogP contribution is -2.26. The molecule has 0 atom stereocenters. The summed E-state index contributed by atoms with van der Waals surface area (Å²) in [5.74, 6) is 0.913. The van der Waals surface area contributed by atoms with E-state index < -0.39 is 0 Å². The minimum Gasteiger partial charge on any atom is -0.492 e. The van der Waals surface area contributed by atoms with E-state index in [1.54, 1.807) is 0 Å². The maximum Gasteiger partial charge on any atom is 0.214 e. The second kappa shape index (κ2) is 9.11. The van der Waals surface area contributed by atoms with Gasteiger partial charge in [0.05, 0.1) is 23.7 Å². The molecule has 9 nitrogen and oxygen atoms in total. The highest BCUT2D eigenvalue weighted by Gasteiger charge is 2.31. The molecule has 32 heavy (non-hydrogen) atoms. The molecule has 0 amide bonds. The van der Waals surface area contributed by atoms with E-state index in [9.17, 15) is 10.1 Å². The number of Topliss-reactive ketones (excluding diaryl/α,β-unsaturated/α-hetero) is 1. The van der Waals surface area contributed by atoms with Gasteiger partial charge >= 0.3 is 0 Å². The summed E-state index contributed by atoms with van der Waals surface area (Å²) in [6.45, 7) is 2.40. The first kappa shape index (κ1) is 21.4. The molecule has 0 bridgehead atoms. The third kappa shape index (κ3) is 3.78. The van der Waals surface area contributed by atoms with E-state index in [0.29, 0.717) is 29.0 Å². The number of anilines is 2. The molecule has 0 fully saturated rings. The van der Waals surface area contributed by atoms with Crippen LogP contribution in [0.2, 0.25) is 0 Å². The van der Waals surface area contributed by atoms with Crippen molar-refractivity contribution < 1.29 is 9.53 Å². The number of nitrogens with zero attached hydrogens (tertiary/aromatic N) is 7. The molecular formula is C22H21N7O2S. The van der Waals surface area contributed by atoms with E-state index in [2.05, 4.69) is 21.6 Å². The van der Waals surface area contributed by atoms with Crippen LogP contribution >= 0.6 is 11.8 Å². The fourth-order valence-corrected chi connectivity index (χ4v) is 4.35. The third-order valence-corrected chi connectivity index (χ3v) is 5.94. The van der Waals surface area contributed by atoms with E-state index >= 15 is 0 Å². The standard InChI is InChI=1S/C22H21N7O2S/c1-4-31-20-12-8-7-11-18(20)29-22(24-25-26-29)32-14-19(30)15(13-23)21-27(2)16-9-5-6-10-17(16)28(21)3/h5-12H,4,14H2,1-3H3. The van der Waals surface area contributed by atoms with Crippen molar-refractivity contribution in [3.63, 3.8) is 0 Å². The smallest absolute Gasteiger partial charge is 0.214 e. The molecule has 4 rings (SSSR count). The monoisotopic (exact) mass is 447 g/mol. The molecule has 0 N–H and O–H groups in total. The molecule has 2 aromatic carbocycles. The van der Waals surface area contributed by atoms with Crippen LogP contribution in [0.4, 0.5) is 11.4 Å². The van der Waals surface area contributed by atoms with Gasteiger partial charge in [-0.3, -0.25) is 4.79 Å². The highest BCUT2D eigenvalue weighted by molar-refractivity contribution is 7.99. The van der Waals surface area contributed by atoms with Crippen molar-refractivity contribution >= 4 is 28.9 Å². The number of ether oxygens (including phenoxy) is 1. The largest absolute Gasteiger partial charge is 0.492 e. The highest BCUT2D eigenvalue weighted by Crippen LogP contribution is 2.40. The van der Waals surface area contributed by atoms with Gasteiger partial charge in [-0.1, -0.05) is 36.0 Å². The normalized spacial score (nSPS) is 12.5. The van der Waals surface area contributed by atoms with Crippen molar-refractivity contribution in [3.05, 3.63) is 59.9 Å². The average Bonchev–Trinajstić information content (AvgIpc) is 3.38. The lowest BCUT2D eigenvalue weighted by Gasteiger charge is -2.19. The maximum absolute atomic E-state index is 13.1. The van der Waals surface area contributed by atoms with Gasteiger partial charge in [-0.2, -0.15) is 9.94 Å². The Morgan fingerprint density at radius 1 is 1.06 bits per heavy atom. The number of ketones is 1. The molecule has 1 aromatic heterocycles. The molecule has 1 aliphatic heterocycles. The van der Waals surface area contributed by atoms with Crippen LogP contribution in [0.5, 0.6) is 5.75 Å². The predicted molar refractivity (Wildman–Crippen MR) is 122 cm³/mol. The number of aromatic nitrogens is 4. The molecule has 0 spiro atoms. The predicted octanol–water partition coefficient (Wildman–Crippen LogP) is 3.04. The van der Waals surface area contributed by atoms with Crippen LogP contribution in [0.3, 0.4) is 0 Å². The zero-order valence-electron chi connectivity index (χ0n) is 17.9. The molecular weight excluding hydrogens is 426 g/mol. The maximum atomic E-state index is 13.1. The molecule has 2 heterocycles. The van der Waals surface area contributed by atoms with E-state index in [-0.39, 0.29) is 17.1 Å². The van der Waals surface area contributed by atoms with Crippen molar-refractivity contribution in [1.29, 1.82) is 5.26 Å². The number of hydrogen-bond acceptors (Lipinski definition) is 9. The number of rotatable bonds is 7. The van der Waals surface area contributed by atoms with Gasteiger partial charge in [0.25, 0.3) is 0 Å². The van der Waals surface area contributed by atoms with Crippen LogP contribution in [0.15, 0.2) is 65.1 Å². The first-order chi connectivity index (χ1) is 15.6. The van der Waals surface area contributed by atoms with E-state index in [1.165, 1.54) is 16.4 Å². The van der Waals surface area contributed by atoms with Crippen molar-refractivity contribution in [2.24, 2.45) is 0 Å². The Morgan fingerprint density at radius 2 is 1.69 bits per heavy atom. The summed E-state index contributed by atoms with van der Waals surface area (Å²) in [7, 11) is 3.70. The van der Waals surface area contributed by atoms with E-state index in [4.69, 9.17) is 4.74 Å². The van der Waals surface area contributed by atoms with Gasteiger partial charge in [-0.15, -0.1) is 5.10 Å². The molecule has 0 aliphatic carbocycles. The van der Waals surface area contributed by atoms with Gasteiger partial charge in [-0.25, -0.2) is 0 Å². The van der Waals surface area contributed by atoms with Gasteiger partial charge < -0.3 is 14.5 Å². The second-order valence-electron chi connectivity index (χ2n) is 6.90. The van der Waals surface area contributed by atoms with Crippen LogP contribution in [0.1, 0.15) is 6.92 Å². The van der Waals surface area contributed by atoms with Crippen LogP contribution in [-0.2, 0) is 4.79 Å². The third-order valence-electron chi connectivity index (χ3n) is 5.02. The molecule has 10 heteroatoms. The topological polar surface area (TPSA) is 100 Å². The van der Waals surface area contributed by atoms with Gasteiger partial charge in [0.2, 0.25) is 5.16 Å². The Balaban J connectivity index is 1.58. The van der Waals surface area contributed by atoms with Gasteiger partial charge in [0, 0.05) is 14.1 Å². The van der Waals surface area contributed by atoms with Crippen molar-refractivity contribution in [3.8, 4) is 17.5 Å².